The molecule has 0 spiro atoms. The standard InChI is InChI=1S/C24H35F3/c1-3-4-18-5-7-21(8-6-18)22-11-9-19(10-12-22)17(2)20-13-15-23(16-14-20)24(25,26)27/h13-19,21-22H,3-12H2,1-2H3. The third kappa shape index (κ3) is 5.29. The smallest absolute Gasteiger partial charge is 0.166 e. The lowest BCUT2D eigenvalue weighted by atomic mass is 9.66. The van der Waals surface area contributed by atoms with Crippen molar-refractivity contribution >= 4 is 0 Å². The number of rotatable bonds is 5. The monoisotopic (exact) mass is 380 g/mol. The second-order valence-electron chi connectivity index (χ2n) is 9.15. The van der Waals surface area contributed by atoms with Crippen molar-refractivity contribution in [1.82, 2.24) is 0 Å². The van der Waals surface area contributed by atoms with Gasteiger partial charge in [0.15, 0.2) is 0 Å². The summed E-state index contributed by atoms with van der Waals surface area (Å²) in [6, 6.07) is 5.86. The first-order valence-corrected chi connectivity index (χ1v) is 11.1. The maximum atomic E-state index is 12.8. The Bertz CT molecular complexity index is 558. The highest BCUT2D eigenvalue weighted by molar-refractivity contribution is 5.27. The van der Waals surface area contributed by atoms with Gasteiger partial charge in [-0.15, -0.1) is 0 Å². The molecule has 2 saturated carbocycles. The Labute approximate surface area is 162 Å². The molecule has 2 fully saturated rings. The van der Waals surface area contributed by atoms with E-state index < -0.39 is 11.7 Å². The van der Waals surface area contributed by atoms with Gasteiger partial charge in [-0.25, -0.2) is 0 Å². The van der Waals surface area contributed by atoms with Gasteiger partial charge >= 0.3 is 6.18 Å². The molecule has 2 aliphatic rings. The summed E-state index contributed by atoms with van der Waals surface area (Å²) in [6.45, 7) is 4.49. The zero-order valence-corrected chi connectivity index (χ0v) is 16.9. The molecule has 2 aliphatic carbocycles. The van der Waals surface area contributed by atoms with E-state index in [4.69, 9.17) is 0 Å². The minimum absolute atomic E-state index is 0.355. The van der Waals surface area contributed by atoms with Gasteiger partial charge in [0.25, 0.3) is 0 Å². The molecule has 1 aromatic carbocycles. The summed E-state index contributed by atoms with van der Waals surface area (Å²) in [5.74, 6) is 3.77. The zero-order chi connectivity index (χ0) is 19.4. The summed E-state index contributed by atoms with van der Waals surface area (Å²) >= 11 is 0. The van der Waals surface area contributed by atoms with Gasteiger partial charge in [0, 0.05) is 0 Å². The SMILES string of the molecule is CCCC1CCC(C2CCC(C(C)c3ccc(C(F)(F)F)cc3)CC2)CC1. The van der Waals surface area contributed by atoms with E-state index >= 15 is 0 Å². The highest BCUT2D eigenvalue weighted by Gasteiger charge is 2.33. The van der Waals surface area contributed by atoms with Gasteiger partial charge in [0.1, 0.15) is 0 Å². The van der Waals surface area contributed by atoms with Crippen LogP contribution in [0.4, 0.5) is 13.2 Å². The summed E-state index contributed by atoms with van der Waals surface area (Å²) in [4.78, 5) is 0. The molecular formula is C24H35F3. The number of hydrogen-bond donors (Lipinski definition) is 0. The van der Waals surface area contributed by atoms with Crippen molar-refractivity contribution in [2.45, 2.75) is 90.1 Å². The van der Waals surface area contributed by atoms with Gasteiger partial charge in [0.2, 0.25) is 0 Å². The van der Waals surface area contributed by atoms with E-state index in [1.54, 1.807) is 12.1 Å². The van der Waals surface area contributed by atoms with Crippen molar-refractivity contribution in [3.05, 3.63) is 35.4 Å². The maximum absolute atomic E-state index is 12.8. The summed E-state index contributed by atoms with van der Waals surface area (Å²) in [7, 11) is 0. The van der Waals surface area contributed by atoms with Crippen LogP contribution in [0.3, 0.4) is 0 Å². The van der Waals surface area contributed by atoms with Crippen molar-refractivity contribution in [2.75, 3.05) is 0 Å². The molecule has 1 unspecified atom stereocenters. The molecule has 1 aromatic rings. The molecule has 0 N–H and O–H groups in total. The van der Waals surface area contributed by atoms with Crippen molar-refractivity contribution < 1.29 is 13.2 Å². The Kier molecular flexibility index (Phi) is 6.92. The predicted molar refractivity (Wildman–Crippen MR) is 106 cm³/mol. The zero-order valence-electron chi connectivity index (χ0n) is 16.9. The third-order valence-corrected chi connectivity index (χ3v) is 7.54. The molecule has 1 atom stereocenters. The first-order chi connectivity index (χ1) is 12.9. The third-order valence-electron chi connectivity index (χ3n) is 7.54. The molecule has 0 radical (unpaired) electrons. The fourth-order valence-corrected chi connectivity index (χ4v) is 5.72. The van der Waals surface area contributed by atoms with E-state index in [0.717, 1.165) is 23.3 Å². The fourth-order valence-electron chi connectivity index (χ4n) is 5.72. The van der Waals surface area contributed by atoms with Gasteiger partial charge in [-0.2, -0.15) is 13.2 Å². The van der Waals surface area contributed by atoms with Gasteiger partial charge in [-0.1, -0.05) is 51.7 Å². The topological polar surface area (TPSA) is 0 Å². The van der Waals surface area contributed by atoms with Crippen LogP contribution >= 0.6 is 0 Å². The molecule has 152 valence electrons. The molecule has 0 heterocycles. The average Bonchev–Trinajstić information content (AvgIpc) is 2.68. The van der Waals surface area contributed by atoms with Crippen LogP contribution in [0.1, 0.15) is 95.1 Å². The molecule has 3 rings (SSSR count). The lowest BCUT2D eigenvalue weighted by molar-refractivity contribution is -0.137. The summed E-state index contributed by atoms with van der Waals surface area (Å²) in [5, 5.41) is 0. The molecule has 3 heteroatoms. The highest BCUT2D eigenvalue weighted by atomic mass is 19.4. The summed E-state index contributed by atoms with van der Waals surface area (Å²) in [6.07, 6.45) is 9.31. The van der Waals surface area contributed by atoms with E-state index in [-0.39, 0.29) is 0 Å². The van der Waals surface area contributed by atoms with Gasteiger partial charge < -0.3 is 0 Å². The van der Waals surface area contributed by atoms with E-state index in [1.807, 2.05) is 0 Å². The van der Waals surface area contributed by atoms with Crippen molar-refractivity contribution in [3.8, 4) is 0 Å². The Morgan fingerprint density at radius 1 is 0.852 bits per heavy atom. The molecule has 0 amide bonds. The van der Waals surface area contributed by atoms with Crippen LogP contribution in [0.2, 0.25) is 0 Å². The number of alkyl halides is 3. The largest absolute Gasteiger partial charge is 0.416 e. The second kappa shape index (κ2) is 9.01. The Morgan fingerprint density at radius 2 is 1.37 bits per heavy atom. The predicted octanol–water partition coefficient (Wildman–Crippen LogP) is 8.22. The van der Waals surface area contributed by atoms with Crippen LogP contribution < -0.4 is 0 Å². The number of hydrogen-bond acceptors (Lipinski definition) is 0. The highest BCUT2D eigenvalue weighted by Crippen LogP contribution is 2.45. The van der Waals surface area contributed by atoms with E-state index in [1.165, 1.54) is 76.3 Å². The number of halogens is 3. The molecular weight excluding hydrogens is 345 g/mol. The lowest BCUT2D eigenvalue weighted by Gasteiger charge is -2.39. The van der Waals surface area contributed by atoms with Crippen molar-refractivity contribution in [1.29, 1.82) is 0 Å². The van der Waals surface area contributed by atoms with Gasteiger partial charge in [-0.3, -0.25) is 0 Å². The number of benzene rings is 1. The Morgan fingerprint density at radius 3 is 1.85 bits per heavy atom. The Balaban J connectivity index is 1.49. The van der Waals surface area contributed by atoms with Crippen LogP contribution in [0.15, 0.2) is 24.3 Å². The fraction of sp³-hybridized carbons (Fsp3) is 0.750. The van der Waals surface area contributed by atoms with Crippen LogP contribution in [-0.4, -0.2) is 0 Å². The molecule has 27 heavy (non-hydrogen) atoms. The van der Waals surface area contributed by atoms with E-state index in [2.05, 4.69) is 13.8 Å². The summed E-state index contributed by atoms with van der Waals surface area (Å²) in [5.41, 5.74) is 0.521. The minimum atomic E-state index is -4.24. The van der Waals surface area contributed by atoms with E-state index in [0.29, 0.717) is 11.8 Å². The van der Waals surface area contributed by atoms with Crippen LogP contribution in [0.5, 0.6) is 0 Å². The van der Waals surface area contributed by atoms with E-state index in [9.17, 15) is 13.2 Å². The van der Waals surface area contributed by atoms with Gasteiger partial charge in [-0.05, 0) is 85.8 Å². The molecule has 0 bridgehead atoms. The molecule has 0 nitrogen and oxygen atoms in total. The quantitative estimate of drug-likeness (QED) is 0.482. The minimum Gasteiger partial charge on any atom is -0.166 e. The first-order valence-electron chi connectivity index (χ1n) is 11.1. The van der Waals surface area contributed by atoms with Crippen LogP contribution in [-0.2, 0) is 6.18 Å². The van der Waals surface area contributed by atoms with Crippen LogP contribution in [0.25, 0.3) is 0 Å². The normalized spacial score (nSPS) is 30.9. The van der Waals surface area contributed by atoms with Crippen LogP contribution in [0, 0.1) is 23.7 Å². The summed E-state index contributed by atoms with van der Waals surface area (Å²) < 4.78 is 38.3. The second-order valence-corrected chi connectivity index (χ2v) is 9.15. The van der Waals surface area contributed by atoms with Crippen molar-refractivity contribution in [3.63, 3.8) is 0 Å². The molecule has 0 aromatic heterocycles. The molecule has 0 saturated heterocycles. The van der Waals surface area contributed by atoms with Gasteiger partial charge in [0.05, 0.1) is 5.56 Å². The Hall–Kier alpha value is -0.990. The lowest BCUT2D eigenvalue weighted by Crippen LogP contribution is -2.27. The maximum Gasteiger partial charge on any atom is 0.416 e. The first kappa shape index (κ1) is 20.7. The molecule has 0 aliphatic heterocycles. The van der Waals surface area contributed by atoms with Crippen molar-refractivity contribution in [2.24, 2.45) is 23.7 Å². The average molecular weight is 381 g/mol.